The topological polar surface area (TPSA) is 77.5 Å². The number of amides is 1. The summed E-state index contributed by atoms with van der Waals surface area (Å²) in [4.78, 5) is 28.4. The number of thiazole rings is 1. The molecule has 0 fully saturated rings. The third kappa shape index (κ3) is 5.17. The van der Waals surface area contributed by atoms with E-state index >= 15 is 0 Å². The van der Waals surface area contributed by atoms with Gasteiger partial charge in [0, 0.05) is 16.5 Å². The molecule has 0 aliphatic rings. The van der Waals surface area contributed by atoms with E-state index in [2.05, 4.69) is 10.3 Å². The number of rotatable bonds is 7. The second-order valence-corrected chi connectivity index (χ2v) is 6.94. The summed E-state index contributed by atoms with van der Waals surface area (Å²) in [6.07, 6.45) is 0. The third-order valence-electron chi connectivity index (χ3n) is 3.94. The monoisotopic (exact) mass is 396 g/mol. The Kier molecular flexibility index (Phi) is 6.39. The molecule has 1 heterocycles. The average Bonchev–Trinajstić information content (AvgIpc) is 3.19. The van der Waals surface area contributed by atoms with Crippen molar-refractivity contribution in [3.05, 3.63) is 70.7 Å². The van der Waals surface area contributed by atoms with Crippen LogP contribution >= 0.6 is 11.3 Å². The summed E-state index contributed by atoms with van der Waals surface area (Å²) in [5, 5.41) is 5.24. The fourth-order valence-electron chi connectivity index (χ4n) is 2.49. The van der Waals surface area contributed by atoms with E-state index in [4.69, 9.17) is 9.47 Å². The highest BCUT2D eigenvalue weighted by molar-refractivity contribution is 7.13. The van der Waals surface area contributed by atoms with E-state index in [0.717, 1.165) is 21.9 Å². The Balaban J connectivity index is 1.48. The highest BCUT2D eigenvalue weighted by Crippen LogP contribution is 2.25. The Labute approximate surface area is 167 Å². The normalized spacial score (nSPS) is 10.4. The lowest BCUT2D eigenvalue weighted by Crippen LogP contribution is -2.30. The van der Waals surface area contributed by atoms with Crippen LogP contribution in [0.5, 0.6) is 5.75 Å². The van der Waals surface area contributed by atoms with Crippen LogP contribution < -0.4 is 10.1 Å². The van der Waals surface area contributed by atoms with Crippen molar-refractivity contribution in [1.82, 2.24) is 10.3 Å². The summed E-state index contributed by atoms with van der Waals surface area (Å²) < 4.78 is 10.3. The van der Waals surface area contributed by atoms with E-state index in [-0.39, 0.29) is 19.1 Å². The maximum atomic E-state index is 12.0. The molecular weight excluding hydrogens is 376 g/mol. The first-order chi connectivity index (χ1) is 13.5. The van der Waals surface area contributed by atoms with Gasteiger partial charge in [0.25, 0.3) is 5.91 Å². The van der Waals surface area contributed by atoms with Crippen LogP contribution in [0.1, 0.15) is 21.6 Å². The summed E-state index contributed by atoms with van der Waals surface area (Å²) >= 11 is 1.47. The lowest BCUT2D eigenvalue weighted by molar-refractivity contribution is -0.143. The largest absolute Gasteiger partial charge is 0.497 e. The van der Waals surface area contributed by atoms with Gasteiger partial charge in [-0.25, -0.2) is 4.98 Å². The van der Waals surface area contributed by atoms with Gasteiger partial charge in [-0.15, -0.1) is 11.3 Å². The maximum Gasteiger partial charge on any atom is 0.325 e. The van der Waals surface area contributed by atoms with Gasteiger partial charge < -0.3 is 14.8 Å². The number of nitrogens with zero attached hydrogens (tertiary/aromatic N) is 1. The van der Waals surface area contributed by atoms with Crippen molar-refractivity contribution < 1.29 is 19.1 Å². The number of benzene rings is 2. The molecule has 0 aliphatic carbocycles. The molecule has 6 nitrogen and oxygen atoms in total. The molecule has 0 bridgehead atoms. The molecule has 3 aromatic rings. The molecule has 0 atom stereocenters. The number of methoxy groups -OCH3 is 1. The van der Waals surface area contributed by atoms with Gasteiger partial charge in [0.15, 0.2) is 0 Å². The molecule has 0 radical (unpaired) electrons. The van der Waals surface area contributed by atoms with E-state index in [1.807, 2.05) is 42.6 Å². The predicted molar refractivity (Wildman–Crippen MR) is 107 cm³/mol. The van der Waals surface area contributed by atoms with Crippen LogP contribution in [0, 0.1) is 6.92 Å². The summed E-state index contributed by atoms with van der Waals surface area (Å²) in [6.45, 7) is 1.77. The standard InChI is InChI=1S/C21H20N2O4S/c1-14-4-3-5-16(10-14)20(25)22-11-19(24)27-12-17-13-28-21(23-17)15-6-8-18(26-2)9-7-15/h3-10,13H,11-12H2,1-2H3,(H,22,25). The molecule has 28 heavy (non-hydrogen) atoms. The second kappa shape index (κ2) is 9.14. The molecular formula is C21H20N2O4S. The molecule has 0 aliphatic heterocycles. The van der Waals surface area contributed by atoms with E-state index in [1.54, 1.807) is 25.3 Å². The number of hydrogen-bond donors (Lipinski definition) is 1. The van der Waals surface area contributed by atoms with E-state index < -0.39 is 5.97 Å². The zero-order valence-corrected chi connectivity index (χ0v) is 16.4. The molecule has 1 amide bonds. The molecule has 0 saturated heterocycles. The van der Waals surface area contributed by atoms with Crippen LogP contribution in [-0.2, 0) is 16.1 Å². The Morgan fingerprint density at radius 2 is 1.93 bits per heavy atom. The lowest BCUT2D eigenvalue weighted by Gasteiger charge is -2.06. The smallest absolute Gasteiger partial charge is 0.325 e. The molecule has 1 N–H and O–H groups in total. The molecule has 1 aromatic heterocycles. The van der Waals surface area contributed by atoms with Crippen molar-refractivity contribution in [2.45, 2.75) is 13.5 Å². The summed E-state index contributed by atoms with van der Waals surface area (Å²) in [6, 6.07) is 14.7. The SMILES string of the molecule is COc1ccc(-c2nc(COC(=O)CNC(=O)c3cccc(C)c3)cs2)cc1. The number of hydrogen-bond acceptors (Lipinski definition) is 6. The number of aryl methyl sites for hydroxylation is 1. The Hall–Kier alpha value is -3.19. The van der Waals surface area contributed by atoms with Crippen molar-refractivity contribution in [2.24, 2.45) is 0 Å². The zero-order valence-electron chi connectivity index (χ0n) is 15.6. The first-order valence-electron chi connectivity index (χ1n) is 8.64. The van der Waals surface area contributed by atoms with Gasteiger partial charge in [-0.3, -0.25) is 9.59 Å². The number of ether oxygens (including phenoxy) is 2. The number of aromatic nitrogens is 1. The van der Waals surface area contributed by atoms with Crippen LogP contribution in [-0.4, -0.2) is 30.5 Å². The Morgan fingerprint density at radius 3 is 2.64 bits per heavy atom. The Morgan fingerprint density at radius 1 is 1.14 bits per heavy atom. The van der Waals surface area contributed by atoms with Crippen molar-refractivity contribution in [2.75, 3.05) is 13.7 Å². The molecule has 3 rings (SSSR count). The third-order valence-corrected chi connectivity index (χ3v) is 4.88. The van der Waals surface area contributed by atoms with Crippen LogP contribution in [0.25, 0.3) is 10.6 Å². The zero-order chi connectivity index (χ0) is 19.9. The average molecular weight is 396 g/mol. The molecule has 2 aromatic carbocycles. The fourth-order valence-corrected chi connectivity index (χ4v) is 3.30. The number of esters is 1. The second-order valence-electron chi connectivity index (χ2n) is 6.09. The van der Waals surface area contributed by atoms with Crippen molar-refractivity contribution in [3.8, 4) is 16.3 Å². The first-order valence-corrected chi connectivity index (χ1v) is 9.52. The van der Waals surface area contributed by atoms with Crippen LogP contribution in [0.15, 0.2) is 53.9 Å². The van der Waals surface area contributed by atoms with Gasteiger partial charge in [-0.2, -0.15) is 0 Å². The lowest BCUT2D eigenvalue weighted by atomic mass is 10.1. The van der Waals surface area contributed by atoms with Crippen LogP contribution in [0.3, 0.4) is 0 Å². The van der Waals surface area contributed by atoms with Gasteiger partial charge in [0.1, 0.15) is 23.9 Å². The van der Waals surface area contributed by atoms with Crippen LogP contribution in [0.2, 0.25) is 0 Å². The van der Waals surface area contributed by atoms with E-state index in [9.17, 15) is 9.59 Å². The molecule has 0 spiro atoms. The predicted octanol–water partition coefficient (Wildman–Crippen LogP) is 3.60. The van der Waals surface area contributed by atoms with Gasteiger partial charge in [-0.05, 0) is 43.3 Å². The minimum atomic E-state index is -0.514. The van der Waals surface area contributed by atoms with E-state index in [0.29, 0.717) is 11.3 Å². The van der Waals surface area contributed by atoms with Crippen molar-refractivity contribution >= 4 is 23.2 Å². The van der Waals surface area contributed by atoms with Gasteiger partial charge in [-0.1, -0.05) is 17.7 Å². The van der Waals surface area contributed by atoms with Crippen LogP contribution in [0.4, 0.5) is 0 Å². The van der Waals surface area contributed by atoms with Gasteiger partial charge >= 0.3 is 5.97 Å². The summed E-state index contributed by atoms with van der Waals surface area (Å²) in [5.41, 5.74) is 3.12. The summed E-state index contributed by atoms with van der Waals surface area (Å²) in [7, 11) is 1.62. The van der Waals surface area contributed by atoms with Gasteiger partial charge in [0.2, 0.25) is 0 Å². The summed E-state index contributed by atoms with van der Waals surface area (Å²) in [5.74, 6) is -0.0433. The fraction of sp³-hybridized carbons (Fsp3) is 0.190. The minimum absolute atomic E-state index is 0.0613. The van der Waals surface area contributed by atoms with E-state index in [1.165, 1.54) is 11.3 Å². The molecule has 0 saturated carbocycles. The number of carbonyl (C=O) groups is 2. The molecule has 7 heteroatoms. The quantitative estimate of drug-likeness (QED) is 0.618. The highest BCUT2D eigenvalue weighted by atomic mass is 32.1. The molecule has 144 valence electrons. The minimum Gasteiger partial charge on any atom is -0.497 e. The number of carbonyl (C=O) groups excluding carboxylic acids is 2. The van der Waals surface area contributed by atoms with Crippen molar-refractivity contribution in [1.29, 1.82) is 0 Å². The molecule has 0 unspecified atom stereocenters. The Bertz CT molecular complexity index is 967. The van der Waals surface area contributed by atoms with Crippen molar-refractivity contribution in [3.63, 3.8) is 0 Å². The number of nitrogens with one attached hydrogen (secondary N) is 1. The highest BCUT2D eigenvalue weighted by Gasteiger charge is 2.11. The van der Waals surface area contributed by atoms with Gasteiger partial charge in [0.05, 0.1) is 12.8 Å². The first kappa shape index (κ1) is 19.6. The maximum absolute atomic E-state index is 12.0.